The molecule has 0 aliphatic carbocycles. The fraction of sp³-hybridized carbons (Fsp3) is 0.909. The van der Waals surface area contributed by atoms with Gasteiger partial charge in [-0.25, -0.2) is 4.57 Å². The van der Waals surface area contributed by atoms with Gasteiger partial charge in [0.25, 0.3) is 0 Å². The van der Waals surface area contributed by atoms with E-state index in [1.165, 1.54) is 173 Å². The van der Waals surface area contributed by atoms with Crippen molar-refractivity contribution in [2.24, 2.45) is 0 Å². The normalized spacial score (nSPS) is 13.0. The van der Waals surface area contributed by atoms with Gasteiger partial charge in [-0.3, -0.25) is 23.4 Å². The van der Waals surface area contributed by atoms with E-state index in [1.807, 2.05) is 0 Å². The van der Waals surface area contributed by atoms with Gasteiger partial charge in [0.15, 0.2) is 6.10 Å². The molecule has 0 saturated carbocycles. The van der Waals surface area contributed by atoms with Crippen LogP contribution in [0.4, 0.5) is 0 Å². The lowest BCUT2D eigenvalue weighted by molar-refractivity contribution is -0.161. The van der Waals surface area contributed by atoms with E-state index in [2.05, 4.69) is 38.2 Å². The number of phosphoric acid groups is 1. The van der Waals surface area contributed by atoms with Crippen LogP contribution in [0.25, 0.3) is 0 Å². The Balaban J connectivity index is 4.47. The number of nitrogens with one attached hydrogen (secondary N) is 1. The Morgan fingerprint density at radius 1 is 0.455 bits per heavy atom. The summed E-state index contributed by atoms with van der Waals surface area (Å²) in [4.78, 5) is 48.1. The first-order valence-electron chi connectivity index (χ1n) is 28.1. The standard InChI is InChI=1S/C55H106NO9P/c1-4-7-10-13-16-19-22-25-26-29-30-33-36-39-42-45-53(57)56-48-49-63-66(60,61)64-51-52(65-55(59)47-44-41-38-35-32-28-24-21-18-15-12-9-6-3)50-62-54(58)46-43-40-37-34-31-27-23-20-17-14-11-8-5-2/h25-26,52H,4-24,27-51H2,1-3H3,(H,56,57)(H,60,61)/b26-25+/t52-/m1/s1. The van der Waals surface area contributed by atoms with Gasteiger partial charge in [-0.2, -0.15) is 0 Å². The number of esters is 2. The van der Waals surface area contributed by atoms with Crippen molar-refractivity contribution in [3.8, 4) is 0 Å². The summed E-state index contributed by atoms with van der Waals surface area (Å²) in [6, 6.07) is 0. The summed E-state index contributed by atoms with van der Waals surface area (Å²) in [5, 5.41) is 2.74. The molecule has 0 aliphatic heterocycles. The van der Waals surface area contributed by atoms with E-state index in [9.17, 15) is 23.8 Å². The maximum atomic E-state index is 12.8. The van der Waals surface area contributed by atoms with Crippen molar-refractivity contribution in [3.05, 3.63) is 12.2 Å². The summed E-state index contributed by atoms with van der Waals surface area (Å²) >= 11 is 0. The quantitative estimate of drug-likeness (QED) is 0.0264. The third-order valence-electron chi connectivity index (χ3n) is 12.5. The van der Waals surface area contributed by atoms with Crippen LogP contribution in [0.2, 0.25) is 0 Å². The van der Waals surface area contributed by atoms with Gasteiger partial charge in [-0.05, 0) is 44.9 Å². The van der Waals surface area contributed by atoms with Crippen molar-refractivity contribution >= 4 is 25.7 Å². The largest absolute Gasteiger partial charge is 0.472 e. The highest BCUT2D eigenvalue weighted by molar-refractivity contribution is 7.47. The van der Waals surface area contributed by atoms with Crippen molar-refractivity contribution in [1.82, 2.24) is 5.32 Å². The van der Waals surface area contributed by atoms with Crippen LogP contribution in [0, 0.1) is 0 Å². The number of unbranched alkanes of at least 4 members (excludes halogenated alkanes) is 35. The van der Waals surface area contributed by atoms with E-state index < -0.39 is 32.5 Å². The number of allylic oxidation sites excluding steroid dienone is 2. The second-order valence-electron chi connectivity index (χ2n) is 19.1. The highest BCUT2D eigenvalue weighted by Gasteiger charge is 2.26. The smallest absolute Gasteiger partial charge is 0.462 e. The van der Waals surface area contributed by atoms with Gasteiger partial charge in [-0.1, -0.05) is 238 Å². The maximum Gasteiger partial charge on any atom is 0.472 e. The number of carbonyl (C=O) groups is 3. The van der Waals surface area contributed by atoms with E-state index in [0.717, 1.165) is 70.6 Å². The molecule has 1 unspecified atom stereocenters. The fourth-order valence-corrected chi connectivity index (χ4v) is 8.96. The summed E-state index contributed by atoms with van der Waals surface area (Å²) in [6.45, 7) is 5.86. The summed E-state index contributed by atoms with van der Waals surface area (Å²) in [7, 11) is -4.53. The van der Waals surface area contributed by atoms with E-state index in [-0.39, 0.29) is 38.5 Å². The summed E-state index contributed by atoms with van der Waals surface area (Å²) in [5.74, 6) is -0.973. The molecule has 0 aromatic carbocycles. The van der Waals surface area contributed by atoms with Crippen LogP contribution in [0.1, 0.15) is 290 Å². The molecule has 0 saturated heterocycles. The molecule has 0 aromatic rings. The highest BCUT2D eigenvalue weighted by Crippen LogP contribution is 2.43. The van der Waals surface area contributed by atoms with Crippen LogP contribution < -0.4 is 5.32 Å². The van der Waals surface area contributed by atoms with Crippen LogP contribution >= 0.6 is 7.82 Å². The van der Waals surface area contributed by atoms with E-state index in [4.69, 9.17) is 18.5 Å². The summed E-state index contributed by atoms with van der Waals surface area (Å²) < 4.78 is 34.1. The van der Waals surface area contributed by atoms with Crippen LogP contribution in [0.5, 0.6) is 0 Å². The molecule has 11 heteroatoms. The number of rotatable bonds is 53. The predicted molar refractivity (Wildman–Crippen MR) is 276 cm³/mol. The molecule has 0 aromatic heterocycles. The van der Waals surface area contributed by atoms with E-state index in [1.54, 1.807) is 0 Å². The van der Waals surface area contributed by atoms with E-state index >= 15 is 0 Å². The van der Waals surface area contributed by atoms with Gasteiger partial charge >= 0.3 is 19.8 Å². The minimum atomic E-state index is -4.53. The first kappa shape index (κ1) is 64.3. The number of hydrogen-bond donors (Lipinski definition) is 2. The Labute approximate surface area is 407 Å². The van der Waals surface area contributed by atoms with Crippen molar-refractivity contribution in [2.75, 3.05) is 26.4 Å². The van der Waals surface area contributed by atoms with Crippen molar-refractivity contribution < 1.29 is 42.4 Å². The third-order valence-corrected chi connectivity index (χ3v) is 13.4. The number of phosphoric ester groups is 1. The summed E-state index contributed by atoms with van der Waals surface area (Å²) in [6.07, 6.45) is 51.4. The number of hydrogen-bond acceptors (Lipinski definition) is 8. The number of ether oxygens (including phenoxy) is 2. The zero-order valence-corrected chi connectivity index (χ0v) is 44.3. The van der Waals surface area contributed by atoms with Gasteiger partial charge in [0.1, 0.15) is 6.61 Å². The molecule has 390 valence electrons. The van der Waals surface area contributed by atoms with Gasteiger partial charge in [0, 0.05) is 25.8 Å². The zero-order chi connectivity index (χ0) is 48.3. The Kier molecular flexibility index (Phi) is 49.8. The monoisotopic (exact) mass is 956 g/mol. The van der Waals surface area contributed by atoms with Crippen LogP contribution in [-0.2, 0) is 37.5 Å². The topological polar surface area (TPSA) is 137 Å². The average molecular weight is 956 g/mol. The molecule has 0 spiro atoms. The second kappa shape index (κ2) is 51.1. The fourth-order valence-electron chi connectivity index (χ4n) is 8.20. The van der Waals surface area contributed by atoms with Crippen LogP contribution in [-0.4, -0.2) is 55.2 Å². The molecule has 0 bridgehead atoms. The molecule has 66 heavy (non-hydrogen) atoms. The van der Waals surface area contributed by atoms with Crippen molar-refractivity contribution in [3.63, 3.8) is 0 Å². The zero-order valence-electron chi connectivity index (χ0n) is 43.4. The van der Waals surface area contributed by atoms with Crippen LogP contribution in [0.3, 0.4) is 0 Å². The highest BCUT2D eigenvalue weighted by atomic mass is 31.2. The predicted octanol–water partition coefficient (Wildman–Crippen LogP) is 16.7. The Morgan fingerprint density at radius 2 is 0.803 bits per heavy atom. The first-order valence-corrected chi connectivity index (χ1v) is 29.6. The van der Waals surface area contributed by atoms with Gasteiger partial charge < -0.3 is 19.7 Å². The van der Waals surface area contributed by atoms with E-state index in [0.29, 0.717) is 12.8 Å². The molecule has 2 atom stereocenters. The molecular weight excluding hydrogens is 850 g/mol. The van der Waals surface area contributed by atoms with Crippen molar-refractivity contribution in [1.29, 1.82) is 0 Å². The van der Waals surface area contributed by atoms with Crippen LogP contribution in [0.15, 0.2) is 12.2 Å². The molecule has 1 amide bonds. The van der Waals surface area contributed by atoms with Gasteiger partial charge in [-0.15, -0.1) is 0 Å². The minimum absolute atomic E-state index is 0.0617. The molecule has 2 N–H and O–H groups in total. The number of carbonyl (C=O) groups excluding carboxylic acids is 3. The Morgan fingerprint density at radius 3 is 1.21 bits per heavy atom. The second-order valence-corrected chi connectivity index (χ2v) is 20.5. The first-order chi connectivity index (χ1) is 32.2. The molecule has 0 aliphatic rings. The van der Waals surface area contributed by atoms with Gasteiger partial charge in [0.05, 0.1) is 13.2 Å². The lowest BCUT2D eigenvalue weighted by Gasteiger charge is -2.20. The van der Waals surface area contributed by atoms with Crippen molar-refractivity contribution in [2.45, 2.75) is 297 Å². The molecule has 0 rings (SSSR count). The third kappa shape index (κ3) is 50.1. The maximum absolute atomic E-state index is 12.8. The SMILES string of the molecule is CCCCCCCC/C=C/CCCCCCCC(=O)NCCOP(=O)(O)OC[C@@H](COC(=O)CCCCCCCCCCCCCCC)OC(=O)CCCCCCCCCCCCCCC. The van der Waals surface area contributed by atoms with Gasteiger partial charge in [0.2, 0.25) is 5.91 Å². The summed E-state index contributed by atoms with van der Waals surface area (Å²) in [5.41, 5.74) is 0. The lowest BCUT2D eigenvalue weighted by atomic mass is 10.0. The average Bonchev–Trinajstić information content (AvgIpc) is 3.30. The Bertz CT molecular complexity index is 1150. The molecular formula is C55H106NO9P. The molecule has 10 nitrogen and oxygen atoms in total. The number of amides is 1. The molecule has 0 radical (unpaired) electrons. The minimum Gasteiger partial charge on any atom is -0.462 e. The molecule has 0 heterocycles. The molecule has 0 fully saturated rings. The lowest BCUT2D eigenvalue weighted by Crippen LogP contribution is -2.30. The Hall–Kier alpha value is -1.74.